The van der Waals surface area contributed by atoms with Gasteiger partial charge in [-0.15, -0.1) is 0 Å². The number of hydrogen-bond donors (Lipinski definition) is 0. The van der Waals surface area contributed by atoms with Crippen LogP contribution in [0.3, 0.4) is 0 Å². The Morgan fingerprint density at radius 2 is 1.67 bits per heavy atom. The molecule has 6 nitrogen and oxygen atoms in total. The van der Waals surface area contributed by atoms with Crippen molar-refractivity contribution in [2.75, 3.05) is 0 Å². The maximum absolute atomic E-state index is 13.3. The third-order valence-corrected chi connectivity index (χ3v) is 6.30. The highest BCUT2D eigenvalue weighted by atomic mass is 32.2. The minimum Gasteiger partial charge on any atom is -0.406 e. The molecule has 0 spiro atoms. The van der Waals surface area contributed by atoms with Gasteiger partial charge in [-0.1, -0.05) is 30.3 Å². The van der Waals surface area contributed by atoms with Crippen LogP contribution in [-0.4, -0.2) is 24.2 Å². The first-order valence-electron chi connectivity index (χ1n) is 9.35. The van der Waals surface area contributed by atoms with Crippen LogP contribution in [0.5, 0.6) is 5.88 Å². The second-order valence-corrected chi connectivity index (χ2v) is 9.78. The number of benzene rings is 2. The van der Waals surface area contributed by atoms with Crippen LogP contribution in [0.15, 0.2) is 64.4 Å². The van der Waals surface area contributed by atoms with E-state index in [9.17, 15) is 17.6 Å². The highest BCUT2D eigenvalue weighted by Gasteiger charge is 2.34. The van der Waals surface area contributed by atoms with E-state index in [1.54, 1.807) is 25.1 Å². The second kappa shape index (κ2) is 8.02. The van der Waals surface area contributed by atoms with Gasteiger partial charge in [0, 0.05) is 0 Å². The molecule has 8 heteroatoms. The van der Waals surface area contributed by atoms with Crippen molar-refractivity contribution in [3.05, 3.63) is 71.7 Å². The molecule has 0 aliphatic heterocycles. The van der Waals surface area contributed by atoms with Gasteiger partial charge in [-0.05, 0) is 57.5 Å². The van der Waals surface area contributed by atoms with Crippen molar-refractivity contribution in [1.29, 1.82) is 0 Å². The summed E-state index contributed by atoms with van der Waals surface area (Å²) in [6.45, 7) is 7.05. The first-order valence-corrected chi connectivity index (χ1v) is 10.8. The molecule has 0 aliphatic rings. The fourth-order valence-electron chi connectivity index (χ4n) is 2.98. The summed E-state index contributed by atoms with van der Waals surface area (Å²) in [5.41, 5.74) is 0.145. The Hall–Kier alpha value is -3.00. The molecule has 0 N–H and O–H groups in total. The van der Waals surface area contributed by atoms with E-state index in [1.165, 1.54) is 41.1 Å². The van der Waals surface area contributed by atoms with Gasteiger partial charge in [-0.2, -0.15) is 5.10 Å². The van der Waals surface area contributed by atoms with Crippen LogP contribution in [0.2, 0.25) is 0 Å². The largest absolute Gasteiger partial charge is 0.406 e. The van der Waals surface area contributed by atoms with Gasteiger partial charge in [0.2, 0.25) is 15.7 Å². The Morgan fingerprint density at radius 1 is 1.07 bits per heavy atom. The van der Waals surface area contributed by atoms with Crippen LogP contribution >= 0.6 is 0 Å². The van der Waals surface area contributed by atoms with Gasteiger partial charge in [0.15, 0.2) is 4.90 Å². The van der Waals surface area contributed by atoms with Gasteiger partial charge in [-0.3, -0.25) is 4.79 Å². The third kappa shape index (κ3) is 4.43. The van der Waals surface area contributed by atoms with E-state index in [0.717, 1.165) is 0 Å². The number of sulfone groups is 1. The Balaban J connectivity index is 2.06. The summed E-state index contributed by atoms with van der Waals surface area (Å²) in [5, 5.41) is 4.36. The van der Waals surface area contributed by atoms with Crippen molar-refractivity contribution in [3.8, 4) is 5.88 Å². The maximum Gasteiger partial charge on any atom is 0.317 e. The van der Waals surface area contributed by atoms with Crippen LogP contribution < -0.4 is 4.74 Å². The van der Waals surface area contributed by atoms with Crippen LogP contribution in [0.25, 0.3) is 0 Å². The summed E-state index contributed by atoms with van der Waals surface area (Å²) in [7, 11) is -3.97. The first-order chi connectivity index (χ1) is 14.0. The minimum atomic E-state index is -3.97. The molecule has 1 heterocycles. The summed E-state index contributed by atoms with van der Waals surface area (Å²) in [6, 6.07) is 13.4. The van der Waals surface area contributed by atoms with Crippen LogP contribution in [0.4, 0.5) is 4.39 Å². The molecule has 0 aliphatic carbocycles. The zero-order valence-corrected chi connectivity index (χ0v) is 18.0. The normalized spacial score (nSPS) is 12.0. The summed E-state index contributed by atoms with van der Waals surface area (Å²) >= 11 is 0. The molecule has 1 aromatic heterocycles. The van der Waals surface area contributed by atoms with E-state index < -0.39 is 27.2 Å². The van der Waals surface area contributed by atoms with E-state index >= 15 is 0 Å². The Bertz CT molecular complexity index is 1160. The first kappa shape index (κ1) is 21.7. The second-order valence-electron chi connectivity index (χ2n) is 7.90. The standard InChI is InChI=1S/C22H23FN2O4S/c1-15-20(30(27,28)18-8-6-5-7-9-18)21(25(24-15)22(2,3)4)29-19(26)14-16-10-12-17(23)13-11-16/h5-13H,14H2,1-4H3. The van der Waals surface area contributed by atoms with Crippen molar-refractivity contribution in [2.24, 2.45) is 0 Å². The molecule has 3 aromatic rings. The van der Waals surface area contributed by atoms with Gasteiger partial charge in [0.25, 0.3) is 0 Å². The van der Waals surface area contributed by atoms with Crippen molar-refractivity contribution in [2.45, 2.75) is 49.4 Å². The molecular weight excluding hydrogens is 407 g/mol. The molecule has 0 atom stereocenters. The Kier molecular flexibility index (Phi) is 5.81. The highest BCUT2D eigenvalue weighted by Crippen LogP contribution is 2.36. The van der Waals surface area contributed by atoms with Crippen molar-refractivity contribution in [3.63, 3.8) is 0 Å². The fourth-order valence-corrected chi connectivity index (χ4v) is 4.51. The molecule has 0 unspecified atom stereocenters. The lowest BCUT2D eigenvalue weighted by atomic mass is 10.1. The number of rotatable bonds is 5. The molecule has 3 rings (SSSR count). The zero-order chi connectivity index (χ0) is 22.1. The zero-order valence-electron chi connectivity index (χ0n) is 17.2. The third-order valence-electron chi connectivity index (χ3n) is 4.40. The van der Waals surface area contributed by atoms with Gasteiger partial charge in [0.05, 0.1) is 22.5 Å². The molecule has 0 bridgehead atoms. The lowest BCUT2D eigenvalue weighted by Crippen LogP contribution is -2.26. The van der Waals surface area contributed by atoms with Gasteiger partial charge in [-0.25, -0.2) is 17.5 Å². The number of carbonyl (C=O) groups is 1. The molecule has 0 fully saturated rings. The van der Waals surface area contributed by atoms with Crippen LogP contribution in [-0.2, 0) is 26.6 Å². The Morgan fingerprint density at radius 3 is 2.23 bits per heavy atom. The predicted octanol–water partition coefficient (Wildman–Crippen LogP) is 4.07. The van der Waals surface area contributed by atoms with Gasteiger partial charge in [0.1, 0.15) is 5.82 Å². The lowest BCUT2D eigenvalue weighted by Gasteiger charge is -2.22. The molecule has 158 valence electrons. The monoisotopic (exact) mass is 430 g/mol. The summed E-state index contributed by atoms with van der Waals surface area (Å²) < 4.78 is 46.7. The van der Waals surface area contributed by atoms with E-state index in [0.29, 0.717) is 5.56 Å². The van der Waals surface area contributed by atoms with Crippen LogP contribution in [0, 0.1) is 12.7 Å². The molecule has 0 saturated carbocycles. The number of halogens is 1. The topological polar surface area (TPSA) is 78.3 Å². The number of esters is 1. The molecule has 0 amide bonds. The highest BCUT2D eigenvalue weighted by molar-refractivity contribution is 7.91. The molecule has 30 heavy (non-hydrogen) atoms. The average Bonchev–Trinajstić information content (AvgIpc) is 3.01. The molecular formula is C22H23FN2O4S. The minimum absolute atomic E-state index is 0.0809. The van der Waals surface area contributed by atoms with Crippen LogP contribution in [0.1, 0.15) is 32.0 Å². The van der Waals surface area contributed by atoms with Crippen molar-refractivity contribution >= 4 is 15.8 Å². The number of ether oxygens (including phenoxy) is 1. The summed E-state index contributed by atoms with van der Waals surface area (Å²) in [5.74, 6) is -1.21. The van der Waals surface area contributed by atoms with E-state index in [4.69, 9.17) is 4.74 Å². The number of hydrogen-bond acceptors (Lipinski definition) is 5. The number of aryl methyl sites for hydroxylation is 1. The lowest BCUT2D eigenvalue weighted by molar-refractivity contribution is -0.134. The molecule has 0 radical (unpaired) electrons. The van der Waals surface area contributed by atoms with Crippen molar-refractivity contribution < 1.29 is 22.3 Å². The van der Waals surface area contributed by atoms with E-state index in [1.807, 2.05) is 20.8 Å². The van der Waals surface area contributed by atoms with E-state index in [-0.39, 0.29) is 27.8 Å². The van der Waals surface area contributed by atoms with Gasteiger partial charge < -0.3 is 4.74 Å². The average molecular weight is 431 g/mol. The van der Waals surface area contributed by atoms with E-state index in [2.05, 4.69) is 5.10 Å². The fraction of sp³-hybridized carbons (Fsp3) is 0.273. The smallest absolute Gasteiger partial charge is 0.317 e. The molecule has 2 aromatic carbocycles. The maximum atomic E-state index is 13.3. The summed E-state index contributed by atoms with van der Waals surface area (Å²) in [6.07, 6.45) is -0.139. The summed E-state index contributed by atoms with van der Waals surface area (Å²) in [4.78, 5) is 12.6. The SMILES string of the molecule is Cc1nn(C(C)(C)C)c(OC(=O)Cc2ccc(F)cc2)c1S(=O)(=O)c1ccccc1. The number of carbonyl (C=O) groups excluding carboxylic acids is 1. The Labute approximate surface area is 175 Å². The number of aromatic nitrogens is 2. The number of nitrogens with zero attached hydrogens (tertiary/aromatic N) is 2. The quantitative estimate of drug-likeness (QED) is 0.570. The molecule has 0 saturated heterocycles. The predicted molar refractivity (Wildman–Crippen MR) is 110 cm³/mol. The van der Waals surface area contributed by atoms with Gasteiger partial charge >= 0.3 is 5.97 Å². The van der Waals surface area contributed by atoms with Crippen molar-refractivity contribution in [1.82, 2.24) is 9.78 Å².